The van der Waals surface area contributed by atoms with E-state index >= 15 is 0 Å². The lowest BCUT2D eigenvalue weighted by molar-refractivity contribution is 0.415. The van der Waals surface area contributed by atoms with Crippen LogP contribution in [0.2, 0.25) is 0 Å². The molecule has 0 saturated heterocycles. The molecule has 6 nitrogen and oxygen atoms in total. The molecule has 3 N–H and O–H groups in total. The van der Waals surface area contributed by atoms with Gasteiger partial charge in [-0.05, 0) is 37.3 Å². The quantitative estimate of drug-likeness (QED) is 0.732. The van der Waals surface area contributed by atoms with Gasteiger partial charge in [0.25, 0.3) is 0 Å². The zero-order chi connectivity index (χ0) is 18.2. The highest BCUT2D eigenvalue weighted by atomic mass is 32.2. The second-order valence-electron chi connectivity index (χ2n) is 5.84. The molecule has 25 heavy (non-hydrogen) atoms. The number of sulfonamides is 1. The van der Waals surface area contributed by atoms with Crippen LogP contribution in [0.3, 0.4) is 0 Å². The van der Waals surface area contributed by atoms with Crippen LogP contribution in [-0.4, -0.2) is 26.4 Å². The Morgan fingerprint density at radius 1 is 1.16 bits per heavy atom. The van der Waals surface area contributed by atoms with Crippen LogP contribution >= 0.6 is 0 Å². The molecule has 0 saturated carbocycles. The van der Waals surface area contributed by atoms with E-state index in [1.807, 2.05) is 30.3 Å². The second-order valence-corrected chi connectivity index (χ2v) is 7.59. The van der Waals surface area contributed by atoms with Gasteiger partial charge in [-0.2, -0.15) is 0 Å². The minimum atomic E-state index is -3.30. The molecule has 0 fully saturated rings. The molecule has 0 spiro atoms. The molecular formula is C18H21N3O3S. The number of rotatable bonds is 5. The lowest BCUT2D eigenvalue weighted by Crippen LogP contribution is -2.09. The fourth-order valence-electron chi connectivity index (χ4n) is 3.04. The zero-order valence-corrected chi connectivity index (χ0v) is 15.2. The number of benzene rings is 2. The molecule has 3 aromatic rings. The van der Waals surface area contributed by atoms with Gasteiger partial charge in [0.1, 0.15) is 5.75 Å². The van der Waals surface area contributed by atoms with Gasteiger partial charge in [-0.1, -0.05) is 12.1 Å². The Kier molecular flexibility index (Phi) is 4.34. The first kappa shape index (κ1) is 17.2. The first-order valence-corrected chi connectivity index (χ1v) is 9.77. The van der Waals surface area contributed by atoms with E-state index in [1.54, 1.807) is 19.2 Å². The highest BCUT2D eigenvalue weighted by Crippen LogP contribution is 2.38. The SMILES string of the molecule is CCn1c(-c2ccc(NS(C)(=O)=O)cc2)c(N)c2cc(OC)ccc21. The van der Waals surface area contributed by atoms with Crippen molar-refractivity contribution in [2.45, 2.75) is 13.5 Å². The zero-order valence-electron chi connectivity index (χ0n) is 14.4. The van der Waals surface area contributed by atoms with Crippen LogP contribution in [0.15, 0.2) is 42.5 Å². The van der Waals surface area contributed by atoms with Gasteiger partial charge < -0.3 is 15.0 Å². The van der Waals surface area contributed by atoms with Crippen LogP contribution in [0.5, 0.6) is 5.75 Å². The van der Waals surface area contributed by atoms with Gasteiger partial charge in [0.15, 0.2) is 0 Å². The number of hydrogen-bond acceptors (Lipinski definition) is 4. The van der Waals surface area contributed by atoms with Crippen molar-refractivity contribution in [3.05, 3.63) is 42.5 Å². The summed E-state index contributed by atoms with van der Waals surface area (Å²) in [6, 6.07) is 13.0. The Morgan fingerprint density at radius 3 is 2.40 bits per heavy atom. The summed E-state index contributed by atoms with van der Waals surface area (Å²) in [6.07, 6.45) is 1.13. The molecule has 0 radical (unpaired) electrons. The molecule has 7 heteroatoms. The molecule has 1 aromatic heterocycles. The maximum Gasteiger partial charge on any atom is 0.229 e. The smallest absolute Gasteiger partial charge is 0.229 e. The summed E-state index contributed by atoms with van der Waals surface area (Å²) in [7, 11) is -1.67. The summed E-state index contributed by atoms with van der Waals surface area (Å²) in [5.74, 6) is 0.756. The van der Waals surface area contributed by atoms with Crippen molar-refractivity contribution < 1.29 is 13.2 Å². The largest absolute Gasteiger partial charge is 0.497 e. The number of aryl methyl sites for hydroxylation is 1. The molecule has 2 aromatic carbocycles. The van der Waals surface area contributed by atoms with Gasteiger partial charge in [-0.15, -0.1) is 0 Å². The minimum absolute atomic E-state index is 0.519. The van der Waals surface area contributed by atoms with E-state index in [0.29, 0.717) is 11.4 Å². The van der Waals surface area contributed by atoms with Crippen molar-refractivity contribution in [2.24, 2.45) is 0 Å². The standard InChI is InChI=1S/C18H21N3O3S/c1-4-21-16-10-9-14(24-2)11-15(16)17(19)18(21)12-5-7-13(8-6-12)20-25(3,22)23/h5-11,20H,4,19H2,1-3H3. The minimum Gasteiger partial charge on any atom is -0.497 e. The third-order valence-corrected chi connectivity index (χ3v) is 4.69. The third kappa shape index (κ3) is 3.28. The number of aromatic nitrogens is 1. The number of nitrogens with two attached hydrogens (primary N) is 1. The van der Waals surface area contributed by atoms with Crippen LogP contribution in [0, 0.1) is 0 Å². The predicted octanol–water partition coefficient (Wildman–Crippen LogP) is 3.29. The van der Waals surface area contributed by atoms with Gasteiger partial charge >= 0.3 is 0 Å². The number of methoxy groups -OCH3 is 1. The molecule has 0 amide bonds. The Labute approximate surface area is 147 Å². The van der Waals surface area contributed by atoms with Crippen LogP contribution in [-0.2, 0) is 16.6 Å². The lowest BCUT2D eigenvalue weighted by Gasteiger charge is -2.10. The van der Waals surface area contributed by atoms with Crippen molar-refractivity contribution in [1.29, 1.82) is 0 Å². The lowest BCUT2D eigenvalue weighted by atomic mass is 10.1. The highest BCUT2D eigenvalue weighted by molar-refractivity contribution is 7.92. The number of nitrogens with one attached hydrogen (secondary N) is 1. The van der Waals surface area contributed by atoms with Crippen LogP contribution in [0.1, 0.15) is 6.92 Å². The summed E-state index contributed by atoms with van der Waals surface area (Å²) >= 11 is 0. The van der Waals surface area contributed by atoms with Gasteiger partial charge in [-0.25, -0.2) is 8.42 Å². The van der Waals surface area contributed by atoms with Gasteiger partial charge in [-0.3, -0.25) is 4.72 Å². The molecule has 0 unspecified atom stereocenters. The molecule has 0 aliphatic heterocycles. The highest BCUT2D eigenvalue weighted by Gasteiger charge is 2.16. The fourth-order valence-corrected chi connectivity index (χ4v) is 3.60. The van der Waals surface area contributed by atoms with Crippen molar-refractivity contribution in [3.8, 4) is 17.0 Å². The molecular weight excluding hydrogens is 338 g/mol. The number of anilines is 2. The van der Waals surface area contributed by atoms with Crippen molar-refractivity contribution in [2.75, 3.05) is 23.8 Å². The van der Waals surface area contributed by atoms with Gasteiger partial charge in [0.2, 0.25) is 10.0 Å². The van der Waals surface area contributed by atoms with Crippen molar-refractivity contribution in [3.63, 3.8) is 0 Å². The Morgan fingerprint density at radius 2 is 1.84 bits per heavy atom. The Hall–Kier alpha value is -2.67. The second kappa shape index (κ2) is 6.33. The fraction of sp³-hybridized carbons (Fsp3) is 0.222. The van der Waals surface area contributed by atoms with E-state index in [2.05, 4.69) is 16.2 Å². The third-order valence-electron chi connectivity index (χ3n) is 4.09. The molecule has 132 valence electrons. The number of nitrogens with zero attached hydrogens (tertiary/aromatic N) is 1. The number of hydrogen-bond donors (Lipinski definition) is 2. The molecule has 0 aliphatic rings. The van der Waals surface area contributed by atoms with Crippen LogP contribution in [0.25, 0.3) is 22.2 Å². The first-order valence-electron chi connectivity index (χ1n) is 7.88. The summed E-state index contributed by atoms with van der Waals surface area (Å²) < 4.78 is 32.6. The van der Waals surface area contributed by atoms with E-state index in [-0.39, 0.29) is 0 Å². The summed E-state index contributed by atoms with van der Waals surface area (Å²) in [5.41, 5.74) is 10.5. The molecule has 0 bridgehead atoms. The van der Waals surface area contributed by atoms with E-state index in [0.717, 1.165) is 40.7 Å². The van der Waals surface area contributed by atoms with Crippen LogP contribution in [0.4, 0.5) is 11.4 Å². The predicted molar refractivity (Wildman–Crippen MR) is 102 cm³/mol. The Balaban J connectivity index is 2.13. The summed E-state index contributed by atoms with van der Waals surface area (Å²) in [6.45, 7) is 2.82. The Bertz CT molecular complexity index is 1020. The summed E-state index contributed by atoms with van der Waals surface area (Å²) in [4.78, 5) is 0. The topological polar surface area (TPSA) is 86.4 Å². The maximum atomic E-state index is 11.3. The van der Waals surface area contributed by atoms with Crippen molar-refractivity contribution in [1.82, 2.24) is 4.57 Å². The normalized spacial score (nSPS) is 11.6. The van der Waals surface area contributed by atoms with E-state index < -0.39 is 10.0 Å². The average molecular weight is 359 g/mol. The first-order chi connectivity index (χ1) is 11.8. The van der Waals surface area contributed by atoms with E-state index in [4.69, 9.17) is 10.5 Å². The van der Waals surface area contributed by atoms with Gasteiger partial charge in [0, 0.05) is 23.2 Å². The molecule has 1 heterocycles. The molecule has 0 aliphatic carbocycles. The van der Waals surface area contributed by atoms with Crippen LogP contribution < -0.4 is 15.2 Å². The van der Waals surface area contributed by atoms with E-state index in [1.165, 1.54) is 0 Å². The number of ether oxygens (including phenoxy) is 1. The van der Waals surface area contributed by atoms with E-state index in [9.17, 15) is 8.42 Å². The van der Waals surface area contributed by atoms with Crippen molar-refractivity contribution >= 4 is 32.3 Å². The molecule has 0 atom stereocenters. The summed E-state index contributed by atoms with van der Waals surface area (Å²) in [5, 5.41) is 0.939. The molecule has 3 rings (SSSR count). The number of fused-ring (bicyclic) bond motifs is 1. The van der Waals surface area contributed by atoms with Gasteiger partial charge in [0.05, 0.1) is 30.3 Å². The monoisotopic (exact) mass is 359 g/mol. The average Bonchev–Trinajstić information content (AvgIpc) is 2.86. The maximum absolute atomic E-state index is 11.3. The number of nitrogen functional groups attached to an aromatic ring is 1.